The van der Waals surface area contributed by atoms with E-state index < -0.39 is 12.0 Å². The van der Waals surface area contributed by atoms with Crippen LogP contribution < -0.4 is 4.90 Å². The standard InChI is InChI=1S/C12H19N3O2/c1-2-14-9-7-13-12(14)15-8-5-3-4-6-10(15)11(16)17/h7,9-10H,2-6,8H2,1H3,(H,16,17). The number of aromatic nitrogens is 2. The Morgan fingerprint density at radius 1 is 1.53 bits per heavy atom. The summed E-state index contributed by atoms with van der Waals surface area (Å²) >= 11 is 0. The highest BCUT2D eigenvalue weighted by molar-refractivity contribution is 5.77. The highest BCUT2D eigenvalue weighted by Gasteiger charge is 2.29. The van der Waals surface area contributed by atoms with Gasteiger partial charge >= 0.3 is 5.97 Å². The second-order valence-electron chi connectivity index (χ2n) is 4.41. The van der Waals surface area contributed by atoms with Crippen molar-refractivity contribution in [2.45, 2.75) is 45.2 Å². The van der Waals surface area contributed by atoms with Crippen LogP contribution in [0.15, 0.2) is 12.4 Å². The number of aryl methyl sites for hydroxylation is 1. The molecule has 1 fully saturated rings. The summed E-state index contributed by atoms with van der Waals surface area (Å²) in [6.07, 6.45) is 7.49. The minimum atomic E-state index is -0.738. The molecule has 0 spiro atoms. The molecule has 1 atom stereocenters. The third-order valence-electron chi connectivity index (χ3n) is 3.33. The Morgan fingerprint density at radius 2 is 2.35 bits per heavy atom. The molecule has 1 N–H and O–H groups in total. The first-order chi connectivity index (χ1) is 8.24. The molecule has 1 unspecified atom stereocenters. The summed E-state index contributed by atoms with van der Waals surface area (Å²) in [5, 5.41) is 9.32. The monoisotopic (exact) mass is 237 g/mol. The maximum Gasteiger partial charge on any atom is 0.326 e. The Balaban J connectivity index is 2.28. The first-order valence-corrected chi connectivity index (χ1v) is 6.24. The van der Waals surface area contributed by atoms with E-state index in [0.29, 0.717) is 6.42 Å². The maximum atomic E-state index is 11.3. The molecule has 2 heterocycles. The molecule has 1 aromatic rings. The van der Waals surface area contributed by atoms with Gasteiger partial charge in [-0.2, -0.15) is 0 Å². The molecule has 2 rings (SSSR count). The van der Waals surface area contributed by atoms with E-state index in [1.54, 1.807) is 6.20 Å². The smallest absolute Gasteiger partial charge is 0.326 e. The lowest BCUT2D eigenvalue weighted by Gasteiger charge is -2.28. The number of rotatable bonds is 3. The SMILES string of the molecule is CCn1ccnc1N1CCCCCC1C(=O)O. The van der Waals surface area contributed by atoms with Gasteiger partial charge in [-0.1, -0.05) is 12.8 Å². The summed E-state index contributed by atoms with van der Waals surface area (Å²) < 4.78 is 2.00. The first kappa shape index (κ1) is 12.0. The van der Waals surface area contributed by atoms with E-state index in [1.807, 2.05) is 22.6 Å². The summed E-state index contributed by atoms with van der Waals surface area (Å²) in [6, 6.07) is -0.426. The fraction of sp³-hybridized carbons (Fsp3) is 0.667. The molecule has 1 aliphatic heterocycles. The third kappa shape index (κ3) is 2.43. The van der Waals surface area contributed by atoms with Gasteiger partial charge in [-0.05, 0) is 19.8 Å². The van der Waals surface area contributed by atoms with E-state index in [2.05, 4.69) is 4.98 Å². The second kappa shape index (κ2) is 5.21. The van der Waals surface area contributed by atoms with Crippen molar-refractivity contribution in [3.05, 3.63) is 12.4 Å². The van der Waals surface area contributed by atoms with Crippen LogP contribution >= 0.6 is 0 Å². The average Bonchev–Trinajstić information content (AvgIpc) is 2.64. The average molecular weight is 237 g/mol. The summed E-state index contributed by atoms with van der Waals surface area (Å²) in [7, 11) is 0. The Hall–Kier alpha value is -1.52. The fourth-order valence-electron chi connectivity index (χ4n) is 2.41. The number of hydrogen-bond acceptors (Lipinski definition) is 3. The number of anilines is 1. The number of carboxylic acid groups (broad SMARTS) is 1. The van der Waals surface area contributed by atoms with E-state index in [0.717, 1.165) is 38.3 Å². The van der Waals surface area contributed by atoms with Crippen molar-refractivity contribution < 1.29 is 9.90 Å². The highest BCUT2D eigenvalue weighted by Crippen LogP contribution is 2.23. The van der Waals surface area contributed by atoms with Crippen LogP contribution in [0.25, 0.3) is 0 Å². The van der Waals surface area contributed by atoms with Crippen molar-refractivity contribution in [2.24, 2.45) is 0 Å². The fourth-order valence-corrected chi connectivity index (χ4v) is 2.41. The molecule has 0 amide bonds. The molecule has 1 saturated heterocycles. The molecule has 1 aromatic heterocycles. The normalized spacial score (nSPS) is 21.2. The summed E-state index contributed by atoms with van der Waals surface area (Å²) in [4.78, 5) is 17.6. The topological polar surface area (TPSA) is 58.4 Å². The number of aliphatic carboxylic acids is 1. The third-order valence-corrected chi connectivity index (χ3v) is 3.33. The zero-order chi connectivity index (χ0) is 12.3. The van der Waals surface area contributed by atoms with Gasteiger partial charge in [0, 0.05) is 25.5 Å². The predicted molar refractivity (Wildman–Crippen MR) is 65.1 cm³/mol. The molecule has 5 nitrogen and oxygen atoms in total. The molecule has 0 aliphatic carbocycles. The Labute approximate surface area is 101 Å². The lowest BCUT2D eigenvalue weighted by Crippen LogP contribution is -2.42. The van der Waals surface area contributed by atoms with Gasteiger partial charge in [0.05, 0.1) is 0 Å². The maximum absolute atomic E-state index is 11.3. The van der Waals surface area contributed by atoms with Gasteiger partial charge in [0.2, 0.25) is 5.95 Å². The molecular weight excluding hydrogens is 218 g/mol. The summed E-state index contributed by atoms with van der Waals surface area (Å²) in [5.41, 5.74) is 0. The Kier molecular flexibility index (Phi) is 3.66. The van der Waals surface area contributed by atoms with Crippen LogP contribution in [-0.4, -0.2) is 33.2 Å². The quantitative estimate of drug-likeness (QED) is 0.870. The van der Waals surface area contributed by atoms with Crippen LogP contribution in [-0.2, 0) is 11.3 Å². The second-order valence-corrected chi connectivity index (χ2v) is 4.41. The van der Waals surface area contributed by atoms with Crippen molar-refractivity contribution in [3.63, 3.8) is 0 Å². The van der Waals surface area contributed by atoms with Crippen LogP contribution in [0.5, 0.6) is 0 Å². The number of hydrogen-bond donors (Lipinski definition) is 1. The van der Waals surface area contributed by atoms with Crippen LogP contribution in [0.2, 0.25) is 0 Å². The van der Waals surface area contributed by atoms with Crippen molar-refractivity contribution in [3.8, 4) is 0 Å². The van der Waals surface area contributed by atoms with Crippen molar-refractivity contribution in [2.75, 3.05) is 11.4 Å². The van der Waals surface area contributed by atoms with Gasteiger partial charge in [-0.15, -0.1) is 0 Å². The van der Waals surface area contributed by atoms with Crippen LogP contribution in [0, 0.1) is 0 Å². The summed E-state index contributed by atoms with van der Waals surface area (Å²) in [6.45, 7) is 3.64. The minimum Gasteiger partial charge on any atom is -0.480 e. The van der Waals surface area contributed by atoms with Crippen molar-refractivity contribution in [1.82, 2.24) is 9.55 Å². The molecule has 5 heteroatoms. The molecule has 0 bridgehead atoms. The van der Waals surface area contributed by atoms with Gasteiger partial charge < -0.3 is 14.6 Å². The van der Waals surface area contributed by atoms with E-state index in [1.165, 1.54) is 0 Å². The summed E-state index contributed by atoms with van der Waals surface area (Å²) in [5.74, 6) is 0.0550. The number of carboxylic acids is 1. The predicted octanol–water partition coefficient (Wildman–Crippen LogP) is 1.74. The van der Waals surface area contributed by atoms with Gasteiger partial charge in [-0.25, -0.2) is 9.78 Å². The Bertz CT molecular complexity index is 389. The van der Waals surface area contributed by atoms with Gasteiger partial charge in [0.25, 0.3) is 0 Å². The number of imidazole rings is 1. The van der Waals surface area contributed by atoms with Gasteiger partial charge in [0.1, 0.15) is 6.04 Å². The number of carbonyl (C=O) groups is 1. The lowest BCUT2D eigenvalue weighted by atomic mass is 10.1. The highest BCUT2D eigenvalue weighted by atomic mass is 16.4. The van der Waals surface area contributed by atoms with Crippen molar-refractivity contribution in [1.29, 1.82) is 0 Å². The molecule has 0 aromatic carbocycles. The van der Waals surface area contributed by atoms with Crippen LogP contribution in [0.4, 0.5) is 5.95 Å². The van der Waals surface area contributed by atoms with E-state index in [-0.39, 0.29) is 0 Å². The van der Waals surface area contributed by atoms with Crippen molar-refractivity contribution >= 4 is 11.9 Å². The first-order valence-electron chi connectivity index (χ1n) is 6.24. The largest absolute Gasteiger partial charge is 0.480 e. The molecular formula is C12H19N3O2. The van der Waals surface area contributed by atoms with Crippen LogP contribution in [0.3, 0.4) is 0 Å². The molecule has 1 aliphatic rings. The Morgan fingerprint density at radius 3 is 3.06 bits per heavy atom. The zero-order valence-corrected chi connectivity index (χ0v) is 10.2. The van der Waals surface area contributed by atoms with E-state index in [4.69, 9.17) is 0 Å². The molecule has 17 heavy (non-hydrogen) atoms. The van der Waals surface area contributed by atoms with Gasteiger partial charge in [-0.3, -0.25) is 0 Å². The van der Waals surface area contributed by atoms with Gasteiger partial charge in [0.15, 0.2) is 0 Å². The molecule has 0 radical (unpaired) electrons. The zero-order valence-electron chi connectivity index (χ0n) is 10.2. The van der Waals surface area contributed by atoms with Crippen LogP contribution in [0.1, 0.15) is 32.6 Å². The van der Waals surface area contributed by atoms with E-state index >= 15 is 0 Å². The number of nitrogens with zero attached hydrogens (tertiary/aromatic N) is 3. The van der Waals surface area contributed by atoms with E-state index in [9.17, 15) is 9.90 Å². The molecule has 94 valence electrons. The lowest BCUT2D eigenvalue weighted by molar-refractivity contribution is -0.138. The minimum absolute atomic E-state index is 0.426. The molecule has 0 saturated carbocycles.